The minimum atomic E-state index is -1.18. The van der Waals surface area contributed by atoms with Crippen molar-refractivity contribution in [3.05, 3.63) is 65.7 Å². The molecule has 0 aliphatic carbocycles. The summed E-state index contributed by atoms with van der Waals surface area (Å²) in [5.74, 6) is -2.02. The van der Waals surface area contributed by atoms with Crippen LogP contribution in [0.4, 0.5) is 5.69 Å². The van der Waals surface area contributed by atoms with Crippen LogP contribution in [0.3, 0.4) is 0 Å². The van der Waals surface area contributed by atoms with Crippen LogP contribution in [0.15, 0.2) is 54.6 Å². The van der Waals surface area contributed by atoms with Crippen LogP contribution >= 0.6 is 0 Å². The number of fused-ring (bicyclic) bond motifs is 4. The highest BCUT2D eigenvalue weighted by Crippen LogP contribution is 2.52. The van der Waals surface area contributed by atoms with Crippen LogP contribution in [0.2, 0.25) is 0 Å². The normalized spacial score (nSPS) is 31.4. The lowest BCUT2D eigenvalue weighted by molar-refractivity contribution is -0.143. The van der Waals surface area contributed by atoms with E-state index >= 15 is 0 Å². The molecule has 3 aliphatic heterocycles. The molecule has 1 spiro atoms. The Labute approximate surface area is 156 Å². The Balaban J connectivity index is 1.59. The van der Waals surface area contributed by atoms with Gasteiger partial charge in [-0.2, -0.15) is 0 Å². The van der Waals surface area contributed by atoms with Gasteiger partial charge in [-0.25, -0.2) is 0 Å². The second-order valence-corrected chi connectivity index (χ2v) is 7.49. The van der Waals surface area contributed by atoms with Gasteiger partial charge in [0.15, 0.2) is 0 Å². The van der Waals surface area contributed by atoms with E-state index in [-0.39, 0.29) is 30.3 Å². The molecule has 136 valence electrons. The largest absolute Gasteiger partial charge is 0.324 e. The maximum absolute atomic E-state index is 13.3. The van der Waals surface area contributed by atoms with Crippen molar-refractivity contribution in [1.29, 1.82) is 0 Å². The van der Waals surface area contributed by atoms with Gasteiger partial charge in [0.2, 0.25) is 17.7 Å². The number of anilines is 1. The van der Waals surface area contributed by atoms with Crippen molar-refractivity contribution in [2.45, 2.75) is 25.0 Å². The van der Waals surface area contributed by atoms with Crippen molar-refractivity contribution >= 4 is 23.4 Å². The third-order valence-corrected chi connectivity index (χ3v) is 6.04. The highest BCUT2D eigenvalue weighted by molar-refractivity contribution is 6.15. The maximum atomic E-state index is 13.3. The van der Waals surface area contributed by atoms with Crippen LogP contribution in [0.1, 0.15) is 18.1 Å². The number of amides is 3. The Morgan fingerprint density at radius 2 is 1.67 bits per heavy atom. The number of likely N-dealkylation sites (tertiary alicyclic amines) is 1. The molecule has 0 unspecified atom stereocenters. The fraction of sp³-hybridized carbons (Fsp3) is 0.286. The molecule has 0 saturated carbocycles. The van der Waals surface area contributed by atoms with Crippen molar-refractivity contribution in [1.82, 2.24) is 10.2 Å². The molecule has 0 aromatic heterocycles. The molecule has 6 heteroatoms. The van der Waals surface area contributed by atoms with Crippen molar-refractivity contribution in [2.75, 3.05) is 5.32 Å². The second kappa shape index (κ2) is 5.50. The number of nitrogens with one attached hydrogen (secondary N) is 2. The first kappa shape index (κ1) is 16.2. The molecule has 2 N–H and O–H groups in total. The first-order chi connectivity index (χ1) is 13.0. The van der Waals surface area contributed by atoms with Crippen LogP contribution in [0.5, 0.6) is 0 Å². The first-order valence-electron chi connectivity index (χ1n) is 9.12. The topological polar surface area (TPSA) is 78.5 Å². The van der Waals surface area contributed by atoms with Crippen LogP contribution in [-0.4, -0.2) is 28.7 Å². The smallest absolute Gasteiger partial charge is 0.250 e. The van der Waals surface area contributed by atoms with Gasteiger partial charge >= 0.3 is 0 Å². The zero-order chi connectivity index (χ0) is 18.8. The van der Waals surface area contributed by atoms with Gasteiger partial charge in [0.05, 0.1) is 18.4 Å². The van der Waals surface area contributed by atoms with E-state index in [1.165, 1.54) is 4.90 Å². The SMILES string of the molecule is C[C@@H]1N[C@@]2(C(=O)Nc3ccccc32)[C@H]2C(=O)N(Cc3ccccc3)C(=O)[C@@H]12. The summed E-state index contributed by atoms with van der Waals surface area (Å²) in [6.45, 7) is 2.11. The molecule has 2 aromatic carbocycles. The minimum absolute atomic E-state index is 0.206. The molecule has 4 atom stereocenters. The summed E-state index contributed by atoms with van der Waals surface area (Å²) in [5.41, 5.74) is 1.16. The Morgan fingerprint density at radius 3 is 2.44 bits per heavy atom. The molecule has 3 aliphatic rings. The number of hydrogen-bond acceptors (Lipinski definition) is 4. The van der Waals surface area contributed by atoms with Gasteiger partial charge in [0.25, 0.3) is 0 Å². The molecule has 27 heavy (non-hydrogen) atoms. The van der Waals surface area contributed by atoms with Gasteiger partial charge in [-0.3, -0.25) is 24.6 Å². The lowest BCUT2D eigenvalue weighted by Gasteiger charge is -2.29. The van der Waals surface area contributed by atoms with Gasteiger partial charge < -0.3 is 5.32 Å². The minimum Gasteiger partial charge on any atom is -0.324 e. The molecule has 2 fully saturated rings. The molecular formula is C21H19N3O3. The molecule has 0 radical (unpaired) electrons. The van der Waals surface area contributed by atoms with Gasteiger partial charge in [0.1, 0.15) is 5.54 Å². The molecule has 6 nitrogen and oxygen atoms in total. The van der Waals surface area contributed by atoms with E-state index in [2.05, 4.69) is 10.6 Å². The summed E-state index contributed by atoms with van der Waals surface area (Å²) < 4.78 is 0. The molecule has 3 heterocycles. The lowest BCUT2D eigenvalue weighted by atomic mass is 9.76. The van der Waals surface area contributed by atoms with E-state index in [1.54, 1.807) is 0 Å². The fourth-order valence-corrected chi connectivity index (χ4v) is 4.90. The number of rotatable bonds is 2. The zero-order valence-corrected chi connectivity index (χ0v) is 14.8. The number of imide groups is 1. The quantitative estimate of drug-likeness (QED) is 0.797. The Kier molecular flexibility index (Phi) is 3.30. The monoisotopic (exact) mass is 361 g/mol. The van der Waals surface area contributed by atoms with E-state index in [1.807, 2.05) is 61.5 Å². The number of hydrogen-bond donors (Lipinski definition) is 2. The van der Waals surface area contributed by atoms with Crippen LogP contribution < -0.4 is 10.6 Å². The van der Waals surface area contributed by atoms with Gasteiger partial charge in [-0.1, -0.05) is 48.5 Å². The van der Waals surface area contributed by atoms with Crippen molar-refractivity contribution in [3.63, 3.8) is 0 Å². The average molecular weight is 361 g/mol. The van der Waals surface area contributed by atoms with Crippen LogP contribution in [0, 0.1) is 11.8 Å². The Morgan fingerprint density at radius 1 is 0.963 bits per heavy atom. The van der Waals surface area contributed by atoms with E-state index in [9.17, 15) is 14.4 Å². The number of carbonyl (C=O) groups excluding carboxylic acids is 3. The molecular weight excluding hydrogens is 342 g/mol. The molecule has 0 bridgehead atoms. The standard InChI is InChI=1S/C21H19N3O3/c1-12-16-17(19(26)24(18(16)25)11-13-7-3-2-4-8-13)21(23-12)14-9-5-6-10-15(14)22-20(21)27/h2-10,12,16-17,23H,11H2,1H3,(H,22,27)/t12-,16-,17+,21+/m0/s1. The van der Waals surface area contributed by atoms with E-state index in [0.29, 0.717) is 5.69 Å². The molecule has 5 rings (SSSR count). The third-order valence-electron chi connectivity index (χ3n) is 6.04. The highest BCUT2D eigenvalue weighted by atomic mass is 16.2. The summed E-state index contributed by atoms with van der Waals surface area (Å²) >= 11 is 0. The van der Waals surface area contributed by atoms with Gasteiger partial charge in [0, 0.05) is 17.3 Å². The number of benzene rings is 2. The summed E-state index contributed by atoms with van der Waals surface area (Å²) in [7, 11) is 0. The molecule has 2 saturated heterocycles. The maximum Gasteiger partial charge on any atom is 0.250 e. The Bertz CT molecular complexity index is 974. The second-order valence-electron chi connectivity index (χ2n) is 7.49. The summed E-state index contributed by atoms with van der Waals surface area (Å²) in [6, 6.07) is 16.5. The van der Waals surface area contributed by atoms with E-state index in [0.717, 1.165) is 11.1 Å². The summed E-state index contributed by atoms with van der Waals surface area (Å²) in [4.78, 5) is 40.8. The number of para-hydroxylation sites is 1. The third kappa shape index (κ3) is 2.01. The van der Waals surface area contributed by atoms with Crippen molar-refractivity contribution < 1.29 is 14.4 Å². The summed E-state index contributed by atoms with van der Waals surface area (Å²) in [6.07, 6.45) is 0. The lowest BCUT2D eigenvalue weighted by Crippen LogP contribution is -2.52. The molecule has 3 amide bonds. The predicted molar refractivity (Wildman–Crippen MR) is 98.3 cm³/mol. The number of carbonyl (C=O) groups is 3. The molecule has 2 aromatic rings. The van der Waals surface area contributed by atoms with Gasteiger partial charge in [-0.15, -0.1) is 0 Å². The van der Waals surface area contributed by atoms with Crippen molar-refractivity contribution in [3.8, 4) is 0 Å². The predicted octanol–water partition coefficient (Wildman–Crippen LogP) is 1.63. The van der Waals surface area contributed by atoms with E-state index in [4.69, 9.17) is 0 Å². The van der Waals surface area contributed by atoms with E-state index < -0.39 is 17.4 Å². The van der Waals surface area contributed by atoms with Gasteiger partial charge in [-0.05, 0) is 18.6 Å². The number of nitrogens with zero attached hydrogens (tertiary/aromatic N) is 1. The van der Waals surface area contributed by atoms with Crippen LogP contribution in [-0.2, 0) is 26.5 Å². The van der Waals surface area contributed by atoms with Crippen molar-refractivity contribution in [2.24, 2.45) is 11.8 Å². The summed E-state index contributed by atoms with van der Waals surface area (Å²) in [5, 5.41) is 6.18. The zero-order valence-electron chi connectivity index (χ0n) is 14.8. The Hall–Kier alpha value is -2.99. The van der Waals surface area contributed by atoms with Crippen LogP contribution in [0.25, 0.3) is 0 Å². The highest BCUT2D eigenvalue weighted by Gasteiger charge is 2.69. The fourth-order valence-electron chi connectivity index (χ4n) is 4.90. The average Bonchev–Trinajstić information content (AvgIpc) is 3.23. The first-order valence-corrected chi connectivity index (χ1v) is 9.12.